The van der Waals surface area contributed by atoms with Gasteiger partial charge in [-0.3, -0.25) is 23.5 Å². The van der Waals surface area contributed by atoms with E-state index in [9.17, 15) is 18.7 Å². The van der Waals surface area contributed by atoms with Gasteiger partial charge in [0.25, 0.3) is 5.56 Å². The maximum atomic E-state index is 11.2. The molecule has 4 N–H and O–H groups in total. The van der Waals surface area contributed by atoms with E-state index in [0.717, 1.165) is 10.6 Å². The molecule has 0 amide bonds. The monoisotopic (exact) mass is 344 g/mol. The van der Waals surface area contributed by atoms with E-state index in [2.05, 4.69) is 4.52 Å². The zero-order valence-corrected chi connectivity index (χ0v) is 12.4. The standard InChI is InChI=1S/C8H14N2O9P2/c11-7-1-2-10(8(12)9-7)5-18-3-4-19-21(16,17)6-20(13,14)15/h1-2H,3-6H2,(H,16,17)(H,9,11,12)(H2,13,14,15). The highest BCUT2D eigenvalue weighted by molar-refractivity contribution is 7.70. The Bertz CT molecular complexity index is 675. The molecule has 1 heterocycles. The van der Waals surface area contributed by atoms with Crippen LogP contribution in [0, 0.1) is 0 Å². The molecule has 0 aliphatic carbocycles. The molecule has 0 saturated carbocycles. The Kier molecular flexibility index (Phi) is 6.24. The number of nitrogens with one attached hydrogen (secondary N) is 1. The van der Waals surface area contributed by atoms with Crippen molar-refractivity contribution in [1.82, 2.24) is 9.55 Å². The van der Waals surface area contributed by atoms with Gasteiger partial charge < -0.3 is 23.9 Å². The van der Waals surface area contributed by atoms with E-state index in [1.807, 2.05) is 4.98 Å². The summed E-state index contributed by atoms with van der Waals surface area (Å²) in [7, 11) is -9.06. The molecule has 1 aromatic rings. The molecule has 0 spiro atoms. The summed E-state index contributed by atoms with van der Waals surface area (Å²) in [6.07, 6.45) is 1.20. The van der Waals surface area contributed by atoms with Gasteiger partial charge in [-0.25, -0.2) is 4.79 Å². The smallest absolute Gasteiger partial charge is 0.340 e. The Labute approximate surface area is 117 Å². The lowest BCUT2D eigenvalue weighted by Crippen LogP contribution is -2.29. The van der Waals surface area contributed by atoms with E-state index in [0.29, 0.717) is 0 Å². The summed E-state index contributed by atoms with van der Waals surface area (Å²) in [5, 5.41) is 0. The van der Waals surface area contributed by atoms with Crippen LogP contribution in [0.15, 0.2) is 21.9 Å². The molecule has 11 nitrogen and oxygen atoms in total. The molecule has 13 heteroatoms. The fraction of sp³-hybridized carbons (Fsp3) is 0.500. The molecule has 120 valence electrons. The minimum absolute atomic E-state index is 0.197. The Morgan fingerprint density at radius 3 is 2.43 bits per heavy atom. The number of aromatic amines is 1. The van der Waals surface area contributed by atoms with Crippen LogP contribution in [0.2, 0.25) is 0 Å². The molecule has 0 aliphatic heterocycles. The second-order valence-electron chi connectivity index (χ2n) is 3.89. The van der Waals surface area contributed by atoms with Crippen molar-refractivity contribution >= 4 is 15.2 Å². The molecule has 21 heavy (non-hydrogen) atoms. The van der Waals surface area contributed by atoms with Crippen molar-refractivity contribution in [1.29, 1.82) is 0 Å². The van der Waals surface area contributed by atoms with Gasteiger partial charge in [-0.2, -0.15) is 0 Å². The van der Waals surface area contributed by atoms with Gasteiger partial charge in [0.2, 0.25) is 0 Å². The van der Waals surface area contributed by atoms with Crippen LogP contribution in [0.25, 0.3) is 0 Å². The average molecular weight is 344 g/mol. The number of aromatic nitrogens is 2. The van der Waals surface area contributed by atoms with Gasteiger partial charge in [0.05, 0.1) is 13.2 Å². The van der Waals surface area contributed by atoms with E-state index < -0.39 is 39.0 Å². The van der Waals surface area contributed by atoms with E-state index in [-0.39, 0.29) is 13.3 Å². The van der Waals surface area contributed by atoms with Crippen LogP contribution in [-0.4, -0.2) is 43.3 Å². The average Bonchev–Trinajstić information content (AvgIpc) is 2.27. The van der Waals surface area contributed by atoms with Gasteiger partial charge >= 0.3 is 20.9 Å². The highest BCUT2D eigenvalue weighted by Gasteiger charge is 2.30. The Balaban J connectivity index is 2.35. The number of H-pyrrole nitrogens is 1. The zero-order valence-electron chi connectivity index (χ0n) is 10.6. The second kappa shape index (κ2) is 7.28. The Hall–Kier alpha value is -1.06. The van der Waals surface area contributed by atoms with Gasteiger partial charge in [0.1, 0.15) is 6.73 Å². The molecular weight excluding hydrogens is 330 g/mol. The van der Waals surface area contributed by atoms with Crippen LogP contribution in [-0.2, 0) is 25.1 Å². The summed E-state index contributed by atoms with van der Waals surface area (Å²) in [6.45, 7) is -0.823. The summed E-state index contributed by atoms with van der Waals surface area (Å²) in [6, 6.07) is 1.11. The third kappa shape index (κ3) is 7.49. The first kappa shape index (κ1) is 18.0. The summed E-state index contributed by atoms with van der Waals surface area (Å²) in [5.41, 5.74) is -1.24. The molecule has 1 aromatic heterocycles. The van der Waals surface area contributed by atoms with Gasteiger partial charge in [0, 0.05) is 12.3 Å². The molecular formula is C8H14N2O9P2. The number of hydrogen-bond donors (Lipinski definition) is 4. The lowest BCUT2D eigenvalue weighted by molar-refractivity contribution is 0.0488. The van der Waals surface area contributed by atoms with Gasteiger partial charge in [-0.05, 0) is 0 Å². The summed E-state index contributed by atoms with van der Waals surface area (Å²) < 4.78 is 32.2. The van der Waals surface area contributed by atoms with Crippen LogP contribution >= 0.6 is 15.2 Å². The van der Waals surface area contributed by atoms with Crippen molar-refractivity contribution in [2.75, 3.05) is 19.1 Å². The highest BCUT2D eigenvalue weighted by Crippen LogP contribution is 2.55. The third-order valence-corrected chi connectivity index (χ3v) is 5.50. The van der Waals surface area contributed by atoms with Crippen molar-refractivity contribution in [2.24, 2.45) is 0 Å². The molecule has 0 aromatic carbocycles. The molecule has 0 fully saturated rings. The quantitative estimate of drug-likeness (QED) is 0.336. The summed E-state index contributed by atoms with van der Waals surface area (Å²) in [5.74, 6) is -1.28. The van der Waals surface area contributed by atoms with Crippen LogP contribution < -0.4 is 11.2 Å². The Morgan fingerprint density at radius 2 is 1.86 bits per heavy atom. The van der Waals surface area contributed by atoms with E-state index >= 15 is 0 Å². The lowest BCUT2D eigenvalue weighted by atomic mass is 10.6. The van der Waals surface area contributed by atoms with Crippen molar-refractivity contribution in [3.63, 3.8) is 0 Å². The summed E-state index contributed by atoms with van der Waals surface area (Å²) >= 11 is 0. The van der Waals surface area contributed by atoms with E-state index in [1.165, 1.54) is 6.20 Å². The van der Waals surface area contributed by atoms with Crippen LogP contribution in [0.3, 0.4) is 0 Å². The maximum Gasteiger partial charge on any atom is 0.340 e. The first-order valence-corrected chi connectivity index (χ1v) is 9.03. The zero-order chi connectivity index (χ0) is 16.1. The number of rotatable bonds is 8. The first-order valence-electron chi connectivity index (χ1n) is 5.47. The fourth-order valence-electron chi connectivity index (χ4n) is 1.22. The summed E-state index contributed by atoms with van der Waals surface area (Å²) in [4.78, 5) is 50.3. The van der Waals surface area contributed by atoms with Crippen molar-refractivity contribution < 1.29 is 33.1 Å². The highest BCUT2D eigenvalue weighted by atomic mass is 31.2. The SMILES string of the molecule is O=c1ccn(COCCOP(=O)(O)CP(=O)(O)O)c(=O)[nH]1. The first-order chi connectivity index (χ1) is 9.59. The fourth-order valence-corrected chi connectivity index (χ4v) is 3.77. The van der Waals surface area contributed by atoms with Crippen molar-refractivity contribution in [3.05, 3.63) is 33.1 Å². The topological polar surface area (TPSA) is 168 Å². The largest absolute Gasteiger partial charge is 0.358 e. The minimum atomic E-state index is -4.66. The molecule has 1 atom stereocenters. The minimum Gasteiger partial charge on any atom is -0.358 e. The Morgan fingerprint density at radius 1 is 1.19 bits per heavy atom. The maximum absolute atomic E-state index is 11.2. The number of nitrogens with zero attached hydrogens (tertiary/aromatic N) is 1. The van der Waals surface area contributed by atoms with E-state index in [4.69, 9.17) is 19.4 Å². The van der Waals surface area contributed by atoms with Gasteiger partial charge in [-0.1, -0.05) is 0 Å². The third-order valence-electron chi connectivity index (χ3n) is 2.01. The van der Waals surface area contributed by atoms with Crippen LogP contribution in [0.4, 0.5) is 0 Å². The van der Waals surface area contributed by atoms with Crippen LogP contribution in [0.5, 0.6) is 0 Å². The molecule has 0 radical (unpaired) electrons. The van der Waals surface area contributed by atoms with Crippen molar-refractivity contribution in [3.8, 4) is 0 Å². The molecule has 0 saturated heterocycles. The van der Waals surface area contributed by atoms with E-state index in [1.54, 1.807) is 0 Å². The van der Waals surface area contributed by atoms with Crippen molar-refractivity contribution in [2.45, 2.75) is 6.73 Å². The van der Waals surface area contributed by atoms with Gasteiger partial charge in [0.15, 0.2) is 5.90 Å². The van der Waals surface area contributed by atoms with Crippen LogP contribution in [0.1, 0.15) is 0 Å². The van der Waals surface area contributed by atoms with Gasteiger partial charge in [-0.15, -0.1) is 0 Å². The molecule has 1 rings (SSSR count). The molecule has 0 aliphatic rings. The number of ether oxygens (including phenoxy) is 1. The predicted octanol–water partition coefficient (Wildman–Crippen LogP) is -1.15. The second-order valence-corrected chi connectivity index (χ2v) is 7.89. The lowest BCUT2D eigenvalue weighted by Gasteiger charge is -2.13. The number of hydrogen-bond acceptors (Lipinski definition) is 6. The molecule has 1 unspecified atom stereocenters. The molecule has 0 bridgehead atoms. The predicted molar refractivity (Wildman–Crippen MR) is 70.0 cm³/mol. The normalized spacial score (nSPS) is 14.8.